The number of alkyl halides is 1. The van der Waals surface area contributed by atoms with E-state index in [1.54, 1.807) is 75.4 Å². The highest BCUT2D eigenvalue weighted by atomic mass is 32.2. The van der Waals surface area contributed by atoms with Crippen molar-refractivity contribution in [3.63, 3.8) is 0 Å². The lowest BCUT2D eigenvalue weighted by Crippen LogP contribution is -2.53. The van der Waals surface area contributed by atoms with E-state index in [4.69, 9.17) is 4.74 Å². The van der Waals surface area contributed by atoms with Crippen molar-refractivity contribution in [3.8, 4) is 0 Å². The second kappa shape index (κ2) is 10.8. The second-order valence-electron chi connectivity index (χ2n) is 9.06. The van der Waals surface area contributed by atoms with Crippen molar-refractivity contribution >= 4 is 16.1 Å². The van der Waals surface area contributed by atoms with Crippen LogP contribution in [0.15, 0.2) is 54.6 Å². The summed E-state index contributed by atoms with van der Waals surface area (Å²) in [5.74, 6) is -0.202. The number of nitrogens with zero attached hydrogens (tertiary/aromatic N) is 2. The summed E-state index contributed by atoms with van der Waals surface area (Å²) < 4.78 is 58.5. The number of carbonyl (C=O) groups is 1. The molecule has 1 heterocycles. The quantitative estimate of drug-likeness (QED) is 0.346. The maximum atomic E-state index is 14.2. The summed E-state index contributed by atoms with van der Waals surface area (Å²) in [6, 6.07) is 14.8. The van der Waals surface area contributed by atoms with Gasteiger partial charge in [-0.05, 0) is 37.5 Å². The molecule has 3 rings (SSSR count). The summed E-state index contributed by atoms with van der Waals surface area (Å²) in [7, 11) is -3.67. The lowest BCUT2D eigenvalue weighted by atomic mass is 9.97. The molecule has 2 atom stereocenters. The number of sulfonamides is 1. The van der Waals surface area contributed by atoms with E-state index in [9.17, 15) is 22.1 Å². The van der Waals surface area contributed by atoms with Gasteiger partial charge in [0, 0.05) is 6.54 Å². The summed E-state index contributed by atoms with van der Waals surface area (Å²) >= 11 is 0. The molecule has 2 aromatic carbocycles. The number of hydrogen-bond donors (Lipinski definition) is 2. The van der Waals surface area contributed by atoms with Crippen LogP contribution in [-0.4, -0.2) is 49.5 Å². The third-order valence-corrected chi connectivity index (χ3v) is 6.29. The average Bonchev–Trinajstić information content (AvgIpc) is 2.75. The zero-order valence-corrected chi connectivity index (χ0v) is 20.2. The lowest BCUT2D eigenvalue weighted by Gasteiger charge is -2.40. The molecule has 0 aliphatic carbocycles. The van der Waals surface area contributed by atoms with Crippen LogP contribution >= 0.6 is 0 Å². The number of amides is 1. The number of carbonyl (C=O) groups excluding carboxylic acids is 1. The number of nitrogens with one attached hydrogen (secondary N) is 2. The van der Waals surface area contributed by atoms with Crippen LogP contribution in [0, 0.1) is 0 Å². The van der Waals surface area contributed by atoms with Gasteiger partial charge < -0.3 is 4.74 Å². The van der Waals surface area contributed by atoms with Crippen molar-refractivity contribution in [1.82, 2.24) is 20.3 Å². The molecule has 1 amide bonds. The predicted octanol–water partition coefficient (Wildman–Crippen LogP) is 3.58. The highest BCUT2D eigenvalue weighted by Crippen LogP contribution is 2.32. The van der Waals surface area contributed by atoms with Crippen molar-refractivity contribution in [2.75, 3.05) is 13.1 Å². The van der Waals surface area contributed by atoms with Crippen LogP contribution in [0.5, 0.6) is 0 Å². The fourth-order valence-electron chi connectivity index (χ4n) is 3.64. The van der Waals surface area contributed by atoms with E-state index in [1.165, 1.54) is 4.90 Å². The molecule has 0 saturated carbocycles. The highest BCUT2D eigenvalue weighted by molar-refractivity contribution is 7.88. The molecule has 186 valence electrons. The van der Waals surface area contributed by atoms with Gasteiger partial charge in [-0.2, -0.15) is 4.83 Å². The Kier molecular flexibility index (Phi) is 8.24. The molecule has 2 N–H and O–H groups in total. The van der Waals surface area contributed by atoms with E-state index in [0.29, 0.717) is 16.7 Å². The number of ether oxygens (including phenoxy) is 1. The smallest absolute Gasteiger partial charge is 0.411 e. The molecule has 2 unspecified atom stereocenters. The van der Waals surface area contributed by atoms with Gasteiger partial charge in [0.25, 0.3) is 0 Å². The van der Waals surface area contributed by atoms with Gasteiger partial charge in [-0.1, -0.05) is 54.6 Å². The summed E-state index contributed by atoms with van der Waals surface area (Å²) in [6.07, 6.45) is -2.72. The minimum absolute atomic E-state index is 0.0539. The number of hydrogen-bond acceptors (Lipinski definition) is 6. The van der Waals surface area contributed by atoms with E-state index in [-0.39, 0.29) is 17.4 Å². The Hall–Kier alpha value is -2.60. The van der Waals surface area contributed by atoms with Crippen LogP contribution in [0.25, 0.3) is 0 Å². The summed E-state index contributed by atoms with van der Waals surface area (Å²) in [5, 5.41) is 0.0539. The monoisotopic (exact) mass is 496 g/mol. The normalized spacial score (nSPS) is 19.7. The molecule has 1 aliphatic rings. The predicted molar refractivity (Wildman–Crippen MR) is 124 cm³/mol. The lowest BCUT2D eigenvalue weighted by molar-refractivity contribution is -0.138. The first-order chi connectivity index (χ1) is 16.0. The number of piperazine rings is 1. The van der Waals surface area contributed by atoms with E-state index in [2.05, 4.69) is 10.3 Å². The van der Waals surface area contributed by atoms with Gasteiger partial charge in [-0.3, -0.25) is 4.90 Å². The van der Waals surface area contributed by atoms with Gasteiger partial charge in [-0.25, -0.2) is 23.0 Å². The molecule has 8 nitrogen and oxygen atoms in total. The van der Waals surface area contributed by atoms with E-state index >= 15 is 0 Å². The SMILES string of the molecule is CC(C)(C)OC(=O)N1CC(F)N(F)CC1c1ccccc1CNNS(=O)(=O)Cc1ccccc1. The maximum Gasteiger partial charge on any atom is 0.411 e. The second-order valence-corrected chi connectivity index (χ2v) is 10.8. The van der Waals surface area contributed by atoms with Gasteiger partial charge >= 0.3 is 6.09 Å². The van der Waals surface area contributed by atoms with Crippen molar-refractivity contribution in [1.29, 1.82) is 0 Å². The summed E-state index contributed by atoms with van der Waals surface area (Å²) in [6.45, 7) is 4.25. The molecule has 1 saturated heterocycles. The molecular weight excluding hydrogens is 466 g/mol. The molecule has 11 heteroatoms. The van der Waals surface area contributed by atoms with Crippen LogP contribution < -0.4 is 10.3 Å². The van der Waals surface area contributed by atoms with Gasteiger partial charge in [0.05, 0.1) is 24.9 Å². The first-order valence-corrected chi connectivity index (χ1v) is 12.5. The van der Waals surface area contributed by atoms with Crippen LogP contribution in [0.4, 0.5) is 13.7 Å². The third-order valence-electron chi connectivity index (χ3n) is 5.12. The molecule has 1 aliphatic heterocycles. The van der Waals surface area contributed by atoms with Crippen molar-refractivity contribution < 1.29 is 26.8 Å². The molecule has 34 heavy (non-hydrogen) atoms. The highest BCUT2D eigenvalue weighted by Gasteiger charge is 2.40. The zero-order valence-electron chi connectivity index (χ0n) is 19.4. The summed E-state index contributed by atoms with van der Waals surface area (Å²) in [5.41, 5.74) is 3.69. The third kappa shape index (κ3) is 7.20. The van der Waals surface area contributed by atoms with Gasteiger partial charge in [-0.15, -0.1) is 9.60 Å². The molecule has 2 aromatic rings. The Bertz CT molecular complexity index is 1080. The van der Waals surface area contributed by atoms with Crippen LogP contribution in [0.2, 0.25) is 0 Å². The minimum Gasteiger partial charge on any atom is -0.444 e. The Labute approximate surface area is 198 Å². The maximum absolute atomic E-state index is 14.2. The number of rotatable bonds is 7. The Balaban J connectivity index is 1.75. The molecular formula is C23H30F2N4O4S. The molecule has 1 fully saturated rings. The average molecular weight is 497 g/mol. The Morgan fingerprint density at radius 1 is 1.09 bits per heavy atom. The topological polar surface area (TPSA) is 91.0 Å². The largest absolute Gasteiger partial charge is 0.444 e. The molecule has 0 aromatic heterocycles. The van der Waals surface area contributed by atoms with Gasteiger partial charge in [0.15, 0.2) is 6.30 Å². The summed E-state index contributed by atoms with van der Waals surface area (Å²) in [4.78, 5) is 16.3. The molecule has 0 bridgehead atoms. The Morgan fingerprint density at radius 2 is 1.74 bits per heavy atom. The van der Waals surface area contributed by atoms with E-state index < -0.39 is 47.1 Å². The van der Waals surface area contributed by atoms with Crippen molar-refractivity contribution in [2.24, 2.45) is 0 Å². The first kappa shape index (κ1) is 26.0. The minimum atomic E-state index is -3.67. The molecule has 0 spiro atoms. The number of halogens is 2. The Morgan fingerprint density at radius 3 is 2.41 bits per heavy atom. The number of benzene rings is 2. The van der Waals surface area contributed by atoms with Crippen LogP contribution in [0.3, 0.4) is 0 Å². The number of hydrazine groups is 1. The van der Waals surface area contributed by atoms with Crippen LogP contribution in [0.1, 0.15) is 43.5 Å². The molecule has 0 radical (unpaired) electrons. The van der Waals surface area contributed by atoms with Crippen molar-refractivity contribution in [2.45, 2.75) is 51.0 Å². The standard InChI is InChI=1S/C23H30F2N4O4S/c1-23(2,3)33-22(30)28-15-21(24)29(25)14-20(28)19-12-8-7-11-18(19)13-26-27-34(31,32)16-17-9-5-4-6-10-17/h4-12,20-21,26-27H,13-16H2,1-3H3. The van der Waals surface area contributed by atoms with Crippen molar-refractivity contribution in [3.05, 3.63) is 71.3 Å². The zero-order chi connectivity index (χ0) is 24.9. The van der Waals surface area contributed by atoms with Gasteiger partial charge in [0.1, 0.15) is 5.60 Å². The van der Waals surface area contributed by atoms with Crippen LogP contribution in [-0.2, 0) is 27.1 Å². The van der Waals surface area contributed by atoms with E-state index in [0.717, 1.165) is 0 Å². The van der Waals surface area contributed by atoms with E-state index in [1.807, 2.05) is 0 Å². The fourth-order valence-corrected chi connectivity index (χ4v) is 4.63. The van der Waals surface area contributed by atoms with Gasteiger partial charge in [0.2, 0.25) is 10.0 Å². The fraction of sp³-hybridized carbons (Fsp3) is 0.435. The first-order valence-electron chi connectivity index (χ1n) is 10.9.